The van der Waals surface area contributed by atoms with Crippen molar-refractivity contribution in [2.24, 2.45) is 11.7 Å². The van der Waals surface area contributed by atoms with Crippen LogP contribution in [0.5, 0.6) is 0 Å². The number of nitrogens with two attached hydrogens (primary N) is 1. The molecular weight excluding hydrogens is 250 g/mol. The number of halogens is 2. The smallest absolute Gasteiger partial charge is 0.182 e. The second kappa shape index (κ2) is 5.84. The summed E-state index contributed by atoms with van der Waals surface area (Å²) in [7, 11) is 1.65. The molecule has 1 heterocycles. The van der Waals surface area contributed by atoms with E-state index in [0.29, 0.717) is 24.7 Å². The van der Waals surface area contributed by atoms with Gasteiger partial charge in [-0.1, -0.05) is 13.0 Å². The van der Waals surface area contributed by atoms with E-state index in [9.17, 15) is 8.78 Å². The summed E-state index contributed by atoms with van der Waals surface area (Å²) >= 11 is 0. The van der Waals surface area contributed by atoms with Crippen molar-refractivity contribution in [3.63, 3.8) is 0 Å². The standard InChI is InChI=1S/C14H20F2N2O/c1-9-5-6-18(8-12(9)19-2)11-4-3-10(7-17)13(15)14(11)16/h3-4,9,12H,5-8,17H2,1-2H3. The molecular formula is C14H20F2N2O. The summed E-state index contributed by atoms with van der Waals surface area (Å²) in [6, 6.07) is 3.15. The zero-order chi connectivity index (χ0) is 14.0. The maximum Gasteiger partial charge on any atom is 0.182 e. The number of nitrogens with zero attached hydrogens (tertiary/aromatic N) is 1. The van der Waals surface area contributed by atoms with Crippen LogP contribution in [0, 0.1) is 17.6 Å². The molecule has 2 rings (SSSR count). The summed E-state index contributed by atoms with van der Waals surface area (Å²) in [5.74, 6) is -1.22. The summed E-state index contributed by atoms with van der Waals surface area (Å²) in [5.41, 5.74) is 5.87. The van der Waals surface area contributed by atoms with Crippen LogP contribution in [0.25, 0.3) is 0 Å². The van der Waals surface area contributed by atoms with Crippen LogP contribution in [-0.4, -0.2) is 26.3 Å². The molecule has 2 unspecified atom stereocenters. The highest BCUT2D eigenvalue weighted by Gasteiger charge is 2.28. The van der Waals surface area contributed by atoms with Gasteiger partial charge in [0.05, 0.1) is 11.8 Å². The minimum atomic E-state index is -0.840. The zero-order valence-electron chi connectivity index (χ0n) is 11.3. The minimum absolute atomic E-state index is 0.000757. The van der Waals surface area contributed by atoms with E-state index in [1.54, 1.807) is 19.2 Å². The molecule has 0 spiro atoms. The maximum absolute atomic E-state index is 14.0. The molecule has 1 aliphatic rings. The Labute approximate surface area is 112 Å². The molecule has 2 N–H and O–H groups in total. The van der Waals surface area contributed by atoms with Crippen LogP contribution in [0.2, 0.25) is 0 Å². The van der Waals surface area contributed by atoms with Crippen molar-refractivity contribution in [1.82, 2.24) is 0 Å². The molecule has 1 aromatic rings. The lowest BCUT2D eigenvalue weighted by atomic mass is 9.95. The third kappa shape index (κ3) is 2.72. The Morgan fingerprint density at radius 1 is 1.37 bits per heavy atom. The molecule has 0 bridgehead atoms. The second-order valence-corrected chi connectivity index (χ2v) is 5.06. The van der Waals surface area contributed by atoms with Crippen LogP contribution in [0.3, 0.4) is 0 Å². The number of piperidine rings is 1. The predicted molar refractivity (Wildman–Crippen MR) is 71.0 cm³/mol. The van der Waals surface area contributed by atoms with Crippen LogP contribution >= 0.6 is 0 Å². The van der Waals surface area contributed by atoms with Crippen molar-refractivity contribution >= 4 is 5.69 Å². The SMILES string of the molecule is COC1CN(c2ccc(CN)c(F)c2F)CCC1C. The van der Waals surface area contributed by atoms with Crippen molar-refractivity contribution in [2.45, 2.75) is 26.0 Å². The Kier molecular flexibility index (Phi) is 4.37. The highest BCUT2D eigenvalue weighted by atomic mass is 19.2. The highest BCUT2D eigenvalue weighted by molar-refractivity contribution is 5.50. The van der Waals surface area contributed by atoms with Gasteiger partial charge in [0.15, 0.2) is 11.6 Å². The Morgan fingerprint density at radius 2 is 2.11 bits per heavy atom. The van der Waals surface area contributed by atoms with Gasteiger partial charge in [0.2, 0.25) is 0 Å². The minimum Gasteiger partial charge on any atom is -0.379 e. The molecule has 106 valence electrons. The molecule has 3 nitrogen and oxygen atoms in total. The molecule has 0 radical (unpaired) electrons. The van der Waals surface area contributed by atoms with Gasteiger partial charge >= 0.3 is 0 Å². The monoisotopic (exact) mass is 270 g/mol. The number of rotatable bonds is 3. The van der Waals surface area contributed by atoms with Gasteiger partial charge in [-0.15, -0.1) is 0 Å². The van der Waals surface area contributed by atoms with Gasteiger partial charge in [0, 0.05) is 32.3 Å². The average molecular weight is 270 g/mol. The maximum atomic E-state index is 14.0. The molecule has 19 heavy (non-hydrogen) atoms. The van der Waals surface area contributed by atoms with Crippen molar-refractivity contribution in [3.8, 4) is 0 Å². The molecule has 5 heteroatoms. The van der Waals surface area contributed by atoms with Crippen LogP contribution < -0.4 is 10.6 Å². The summed E-state index contributed by atoms with van der Waals surface area (Å²) < 4.78 is 33.2. The van der Waals surface area contributed by atoms with Crippen LogP contribution in [0.1, 0.15) is 18.9 Å². The molecule has 0 saturated carbocycles. The summed E-state index contributed by atoms with van der Waals surface area (Å²) in [6.45, 7) is 3.40. The molecule has 0 aliphatic carbocycles. The first kappa shape index (κ1) is 14.2. The van der Waals surface area contributed by atoms with Crippen molar-refractivity contribution in [2.75, 3.05) is 25.1 Å². The van der Waals surface area contributed by atoms with E-state index in [1.807, 2.05) is 4.90 Å². The van der Waals surface area contributed by atoms with Gasteiger partial charge in [-0.05, 0) is 18.4 Å². The number of ether oxygens (including phenoxy) is 1. The molecule has 1 aromatic carbocycles. The lowest BCUT2D eigenvalue weighted by Crippen LogP contribution is -2.44. The van der Waals surface area contributed by atoms with Crippen molar-refractivity contribution in [3.05, 3.63) is 29.3 Å². The molecule has 1 aliphatic heterocycles. The topological polar surface area (TPSA) is 38.5 Å². The normalized spacial score (nSPS) is 23.7. The van der Waals surface area contributed by atoms with Gasteiger partial charge in [-0.3, -0.25) is 0 Å². The summed E-state index contributed by atoms with van der Waals surface area (Å²) in [4.78, 5) is 1.84. The van der Waals surface area contributed by atoms with E-state index in [2.05, 4.69) is 6.92 Å². The van der Waals surface area contributed by atoms with E-state index in [4.69, 9.17) is 10.5 Å². The van der Waals surface area contributed by atoms with Crippen molar-refractivity contribution < 1.29 is 13.5 Å². The molecule has 1 saturated heterocycles. The lowest BCUT2D eigenvalue weighted by Gasteiger charge is -2.37. The third-order valence-electron chi connectivity index (χ3n) is 3.89. The van der Waals surface area contributed by atoms with E-state index in [0.717, 1.165) is 6.42 Å². The average Bonchev–Trinajstić information content (AvgIpc) is 2.43. The van der Waals surface area contributed by atoms with Gasteiger partial charge in [0.25, 0.3) is 0 Å². The highest BCUT2D eigenvalue weighted by Crippen LogP contribution is 2.29. The zero-order valence-corrected chi connectivity index (χ0v) is 11.3. The summed E-state index contributed by atoms with van der Waals surface area (Å²) in [5, 5.41) is 0. The van der Waals surface area contributed by atoms with Gasteiger partial charge < -0.3 is 15.4 Å². The van der Waals surface area contributed by atoms with Crippen LogP contribution in [0.4, 0.5) is 14.5 Å². The van der Waals surface area contributed by atoms with E-state index < -0.39 is 11.6 Å². The second-order valence-electron chi connectivity index (χ2n) is 5.06. The fraction of sp³-hybridized carbons (Fsp3) is 0.571. The van der Waals surface area contributed by atoms with E-state index in [-0.39, 0.29) is 18.2 Å². The Balaban J connectivity index is 2.25. The molecule has 0 amide bonds. The Bertz CT molecular complexity index is 453. The lowest BCUT2D eigenvalue weighted by molar-refractivity contribution is 0.0496. The van der Waals surface area contributed by atoms with Gasteiger partial charge in [-0.2, -0.15) is 0 Å². The van der Waals surface area contributed by atoms with Crippen LogP contribution in [-0.2, 0) is 11.3 Å². The van der Waals surface area contributed by atoms with Gasteiger partial charge in [0.1, 0.15) is 0 Å². The first-order chi connectivity index (χ1) is 9.08. The number of hydrogen-bond donors (Lipinski definition) is 1. The fourth-order valence-corrected chi connectivity index (χ4v) is 2.54. The van der Waals surface area contributed by atoms with Gasteiger partial charge in [-0.25, -0.2) is 8.78 Å². The number of anilines is 1. The number of methoxy groups -OCH3 is 1. The predicted octanol–water partition coefficient (Wildman–Crippen LogP) is 2.28. The van der Waals surface area contributed by atoms with E-state index >= 15 is 0 Å². The summed E-state index contributed by atoms with van der Waals surface area (Å²) in [6.07, 6.45) is 0.948. The quantitative estimate of drug-likeness (QED) is 0.916. The molecule has 1 fully saturated rings. The van der Waals surface area contributed by atoms with Crippen LogP contribution in [0.15, 0.2) is 12.1 Å². The fourth-order valence-electron chi connectivity index (χ4n) is 2.54. The Hall–Kier alpha value is -1.20. The first-order valence-corrected chi connectivity index (χ1v) is 6.53. The number of hydrogen-bond acceptors (Lipinski definition) is 3. The largest absolute Gasteiger partial charge is 0.379 e. The molecule has 2 atom stereocenters. The molecule has 0 aromatic heterocycles. The first-order valence-electron chi connectivity index (χ1n) is 6.53. The Morgan fingerprint density at radius 3 is 2.74 bits per heavy atom. The number of benzene rings is 1. The van der Waals surface area contributed by atoms with Crippen molar-refractivity contribution in [1.29, 1.82) is 0 Å². The van der Waals surface area contributed by atoms with E-state index in [1.165, 1.54) is 0 Å². The third-order valence-corrected chi connectivity index (χ3v) is 3.89.